The van der Waals surface area contributed by atoms with E-state index in [0.29, 0.717) is 0 Å². The number of fused-ring (bicyclic) bond motifs is 6. The second kappa shape index (κ2) is 12.0. The van der Waals surface area contributed by atoms with Gasteiger partial charge in [-0.3, -0.25) is 0 Å². The van der Waals surface area contributed by atoms with Crippen LogP contribution in [0.5, 0.6) is 0 Å². The molecular formula is C50H36N2. The Kier molecular flexibility index (Phi) is 6.97. The predicted octanol–water partition coefficient (Wildman–Crippen LogP) is 13.5. The maximum absolute atomic E-state index is 2.40. The number of aryl methyl sites for hydroxylation is 2. The van der Waals surface area contributed by atoms with Crippen LogP contribution in [0, 0.1) is 13.8 Å². The van der Waals surface area contributed by atoms with Crippen LogP contribution < -0.4 is 0 Å². The maximum atomic E-state index is 2.40. The van der Waals surface area contributed by atoms with E-state index in [1.54, 1.807) is 0 Å². The van der Waals surface area contributed by atoms with Crippen LogP contribution in [0.2, 0.25) is 0 Å². The largest absolute Gasteiger partial charge is 0.309 e. The Bertz CT molecular complexity index is 2720. The third kappa shape index (κ3) is 4.95. The number of hydrogen-bond acceptors (Lipinski definition) is 0. The minimum atomic E-state index is 1.16. The summed E-state index contributed by atoms with van der Waals surface area (Å²) >= 11 is 0. The van der Waals surface area contributed by atoms with Crippen LogP contribution in [-0.2, 0) is 0 Å². The van der Waals surface area contributed by atoms with E-state index in [-0.39, 0.29) is 0 Å². The van der Waals surface area contributed by atoms with Gasteiger partial charge in [0.1, 0.15) is 0 Å². The summed E-state index contributed by atoms with van der Waals surface area (Å²) < 4.78 is 4.79. The van der Waals surface area contributed by atoms with E-state index in [4.69, 9.17) is 0 Å². The third-order valence-corrected chi connectivity index (χ3v) is 10.7. The van der Waals surface area contributed by atoms with Crippen molar-refractivity contribution in [3.63, 3.8) is 0 Å². The SMILES string of the molecule is Cc1ccc(-c2ccc(-n3c4ccccc4c4cc(-c5ccc6c(c5)c5ccccc5n6-c5ccc(-c6ccc(C)cc6)cc5)ccc43)cc2)cc1. The summed E-state index contributed by atoms with van der Waals surface area (Å²) in [4.78, 5) is 0. The number of nitrogens with zero attached hydrogens (tertiary/aromatic N) is 2. The zero-order valence-corrected chi connectivity index (χ0v) is 29.2. The number of aromatic nitrogens is 2. The average molecular weight is 665 g/mol. The molecule has 0 radical (unpaired) electrons. The van der Waals surface area contributed by atoms with Crippen LogP contribution in [0.25, 0.3) is 88.4 Å². The van der Waals surface area contributed by atoms with Gasteiger partial charge in [0.05, 0.1) is 22.1 Å². The summed E-state index contributed by atoms with van der Waals surface area (Å²) in [7, 11) is 0. The molecule has 2 heterocycles. The Labute approximate surface area is 303 Å². The van der Waals surface area contributed by atoms with Crippen LogP contribution >= 0.6 is 0 Å². The Morgan fingerprint density at radius 2 is 0.577 bits per heavy atom. The first kappa shape index (κ1) is 30.2. The lowest BCUT2D eigenvalue weighted by atomic mass is 10.0. The van der Waals surface area contributed by atoms with Gasteiger partial charge in [0.2, 0.25) is 0 Å². The molecule has 0 spiro atoms. The van der Waals surface area contributed by atoms with Gasteiger partial charge in [-0.15, -0.1) is 0 Å². The molecule has 0 fully saturated rings. The van der Waals surface area contributed by atoms with Crippen molar-refractivity contribution in [2.75, 3.05) is 0 Å². The summed E-state index contributed by atoms with van der Waals surface area (Å²) in [6.07, 6.45) is 0. The minimum absolute atomic E-state index is 1.16. The van der Waals surface area contributed by atoms with Crippen molar-refractivity contribution >= 4 is 43.6 Å². The summed E-state index contributed by atoms with van der Waals surface area (Å²) in [5.74, 6) is 0. The van der Waals surface area contributed by atoms with Crippen molar-refractivity contribution in [3.8, 4) is 44.8 Å². The minimum Gasteiger partial charge on any atom is -0.309 e. The molecule has 0 unspecified atom stereocenters. The topological polar surface area (TPSA) is 9.86 Å². The molecule has 0 bridgehead atoms. The molecule has 2 nitrogen and oxygen atoms in total. The van der Waals surface area contributed by atoms with Gasteiger partial charge in [-0.25, -0.2) is 0 Å². The van der Waals surface area contributed by atoms with Crippen LogP contribution in [0.15, 0.2) is 182 Å². The van der Waals surface area contributed by atoms with Crippen molar-refractivity contribution in [1.29, 1.82) is 0 Å². The van der Waals surface area contributed by atoms with Crippen molar-refractivity contribution in [2.24, 2.45) is 0 Å². The first-order chi connectivity index (χ1) is 25.6. The molecule has 0 saturated carbocycles. The van der Waals surface area contributed by atoms with Crippen LogP contribution in [0.1, 0.15) is 11.1 Å². The molecule has 0 saturated heterocycles. The van der Waals surface area contributed by atoms with Gasteiger partial charge < -0.3 is 9.13 Å². The number of rotatable bonds is 5. The molecule has 0 atom stereocenters. The van der Waals surface area contributed by atoms with E-state index in [2.05, 4.69) is 205 Å². The van der Waals surface area contributed by atoms with E-state index in [1.807, 2.05) is 0 Å². The lowest BCUT2D eigenvalue weighted by Crippen LogP contribution is -1.94. The van der Waals surface area contributed by atoms with Gasteiger partial charge in [-0.05, 0) is 108 Å². The standard InChI is InChI=1S/C50H36N2/c1-33-11-15-35(16-12-33)37-19-25-41(26-20-37)51-47-9-5-3-7-43(47)45-31-39(23-29-49(45)51)40-24-30-50-46(32-40)44-8-4-6-10-48(44)52(50)42-27-21-38(22-28-42)36-17-13-34(2)14-18-36/h3-32H,1-2H3. The quantitative estimate of drug-likeness (QED) is 0.173. The monoisotopic (exact) mass is 664 g/mol. The van der Waals surface area contributed by atoms with E-state index >= 15 is 0 Å². The number of hydrogen-bond donors (Lipinski definition) is 0. The molecule has 0 aliphatic carbocycles. The van der Waals surface area contributed by atoms with E-state index < -0.39 is 0 Å². The smallest absolute Gasteiger partial charge is 0.0541 e. The fourth-order valence-corrected chi connectivity index (χ4v) is 7.96. The zero-order chi connectivity index (χ0) is 34.8. The molecule has 0 aliphatic heterocycles. The van der Waals surface area contributed by atoms with Crippen LogP contribution in [-0.4, -0.2) is 9.13 Å². The van der Waals surface area contributed by atoms with Gasteiger partial charge in [0.15, 0.2) is 0 Å². The van der Waals surface area contributed by atoms with Crippen molar-refractivity contribution in [3.05, 3.63) is 193 Å². The predicted molar refractivity (Wildman–Crippen MR) is 221 cm³/mol. The molecule has 2 heteroatoms. The summed E-state index contributed by atoms with van der Waals surface area (Å²) in [6, 6.07) is 66.8. The van der Waals surface area contributed by atoms with Crippen LogP contribution in [0.3, 0.4) is 0 Å². The Hall–Kier alpha value is -6.64. The van der Waals surface area contributed by atoms with Crippen molar-refractivity contribution in [2.45, 2.75) is 13.8 Å². The Morgan fingerprint density at radius 1 is 0.269 bits per heavy atom. The molecule has 0 aliphatic rings. The third-order valence-electron chi connectivity index (χ3n) is 10.7. The molecule has 10 rings (SSSR count). The van der Waals surface area contributed by atoms with Crippen LogP contribution in [0.4, 0.5) is 0 Å². The molecule has 246 valence electrons. The fraction of sp³-hybridized carbons (Fsp3) is 0.0400. The van der Waals surface area contributed by atoms with Crippen molar-refractivity contribution < 1.29 is 0 Å². The molecule has 52 heavy (non-hydrogen) atoms. The Morgan fingerprint density at radius 3 is 0.962 bits per heavy atom. The second-order valence-corrected chi connectivity index (χ2v) is 14.0. The Balaban J connectivity index is 1.06. The highest BCUT2D eigenvalue weighted by Gasteiger charge is 2.16. The van der Waals surface area contributed by atoms with Gasteiger partial charge in [0.25, 0.3) is 0 Å². The van der Waals surface area contributed by atoms with E-state index in [1.165, 1.54) is 88.1 Å². The highest BCUT2D eigenvalue weighted by molar-refractivity contribution is 6.12. The lowest BCUT2D eigenvalue weighted by molar-refractivity contribution is 1.18. The van der Waals surface area contributed by atoms with E-state index in [0.717, 1.165) is 11.4 Å². The second-order valence-electron chi connectivity index (χ2n) is 14.0. The number of para-hydroxylation sites is 2. The molecule has 0 N–H and O–H groups in total. The summed E-state index contributed by atoms with van der Waals surface area (Å²) in [5, 5.41) is 5.03. The summed E-state index contributed by atoms with van der Waals surface area (Å²) in [5.41, 5.74) is 17.1. The zero-order valence-electron chi connectivity index (χ0n) is 29.2. The van der Waals surface area contributed by atoms with Gasteiger partial charge in [-0.2, -0.15) is 0 Å². The highest BCUT2D eigenvalue weighted by Crippen LogP contribution is 2.38. The van der Waals surface area contributed by atoms with Gasteiger partial charge in [0, 0.05) is 32.9 Å². The maximum Gasteiger partial charge on any atom is 0.0541 e. The first-order valence-corrected chi connectivity index (χ1v) is 18.0. The molecular weight excluding hydrogens is 629 g/mol. The molecule has 0 amide bonds. The highest BCUT2D eigenvalue weighted by atomic mass is 15.0. The van der Waals surface area contributed by atoms with Crippen molar-refractivity contribution in [1.82, 2.24) is 9.13 Å². The molecule has 8 aromatic carbocycles. The van der Waals surface area contributed by atoms with Gasteiger partial charge in [-0.1, -0.05) is 132 Å². The molecule has 2 aromatic heterocycles. The lowest BCUT2D eigenvalue weighted by Gasteiger charge is -2.11. The normalized spacial score (nSPS) is 11.7. The number of benzene rings is 8. The molecule has 10 aromatic rings. The summed E-state index contributed by atoms with van der Waals surface area (Å²) in [6.45, 7) is 4.26. The van der Waals surface area contributed by atoms with E-state index in [9.17, 15) is 0 Å². The first-order valence-electron chi connectivity index (χ1n) is 18.0. The average Bonchev–Trinajstić information content (AvgIpc) is 3.71. The fourth-order valence-electron chi connectivity index (χ4n) is 7.96. The van der Waals surface area contributed by atoms with Gasteiger partial charge >= 0.3 is 0 Å².